The number of nitrogens with one attached hydrogen (secondary N) is 1. The number of anilines is 1. The highest BCUT2D eigenvalue weighted by molar-refractivity contribution is 5.38. The summed E-state index contributed by atoms with van der Waals surface area (Å²) < 4.78 is 37.7. The van der Waals surface area contributed by atoms with Gasteiger partial charge in [-0.15, -0.1) is 0 Å². The van der Waals surface area contributed by atoms with Gasteiger partial charge < -0.3 is 10.2 Å². The van der Waals surface area contributed by atoms with Crippen molar-refractivity contribution in [2.75, 3.05) is 25.5 Å². The Bertz CT molecular complexity index is 428. The van der Waals surface area contributed by atoms with Crippen molar-refractivity contribution < 1.29 is 13.2 Å². The Morgan fingerprint density at radius 3 is 2.70 bits per heavy atom. The van der Waals surface area contributed by atoms with Gasteiger partial charge in [-0.25, -0.2) is 4.98 Å². The maximum atomic E-state index is 12.6. The second-order valence-electron chi connectivity index (χ2n) is 5.27. The summed E-state index contributed by atoms with van der Waals surface area (Å²) in [5, 5.41) is 2.96. The Kier molecular flexibility index (Phi) is 4.86. The van der Waals surface area contributed by atoms with E-state index in [2.05, 4.69) is 22.2 Å². The van der Waals surface area contributed by atoms with Gasteiger partial charge in [0.05, 0.1) is 5.56 Å². The van der Waals surface area contributed by atoms with Crippen molar-refractivity contribution in [3.63, 3.8) is 0 Å². The molecular weight excluding hydrogens is 267 g/mol. The zero-order chi connectivity index (χ0) is 14.6. The normalized spacial score (nSPS) is 16.9. The summed E-state index contributed by atoms with van der Waals surface area (Å²) in [7, 11) is 2.07. The van der Waals surface area contributed by atoms with Crippen LogP contribution in [-0.2, 0) is 6.18 Å². The minimum Gasteiger partial charge on any atom is -0.369 e. The lowest BCUT2D eigenvalue weighted by Crippen LogP contribution is -2.33. The van der Waals surface area contributed by atoms with E-state index in [0.29, 0.717) is 12.6 Å². The van der Waals surface area contributed by atoms with Gasteiger partial charge in [0.25, 0.3) is 0 Å². The smallest absolute Gasteiger partial charge is 0.369 e. The van der Waals surface area contributed by atoms with E-state index in [9.17, 15) is 13.2 Å². The molecule has 112 valence electrons. The van der Waals surface area contributed by atoms with Gasteiger partial charge in [-0.05, 0) is 32.0 Å². The summed E-state index contributed by atoms with van der Waals surface area (Å²) in [5.41, 5.74) is -0.667. The minimum atomic E-state index is -4.32. The zero-order valence-electron chi connectivity index (χ0n) is 11.6. The third-order valence-corrected chi connectivity index (χ3v) is 3.81. The largest absolute Gasteiger partial charge is 0.416 e. The molecule has 1 aliphatic rings. The number of nitrogens with zero attached hydrogens (tertiary/aromatic N) is 2. The number of pyridine rings is 1. The number of likely N-dealkylation sites (N-methyl/N-ethyl adjacent to an activating group) is 1. The number of hydrogen-bond donors (Lipinski definition) is 1. The van der Waals surface area contributed by atoms with Gasteiger partial charge in [-0.3, -0.25) is 0 Å². The second kappa shape index (κ2) is 6.43. The molecule has 1 aromatic rings. The van der Waals surface area contributed by atoms with Crippen LogP contribution < -0.4 is 5.32 Å². The number of halogens is 3. The van der Waals surface area contributed by atoms with Crippen LogP contribution in [0, 0.1) is 0 Å². The molecule has 0 amide bonds. The second-order valence-corrected chi connectivity index (χ2v) is 5.27. The van der Waals surface area contributed by atoms with E-state index >= 15 is 0 Å². The Morgan fingerprint density at radius 2 is 2.05 bits per heavy atom. The monoisotopic (exact) mass is 287 g/mol. The van der Waals surface area contributed by atoms with Crippen molar-refractivity contribution in [3.8, 4) is 0 Å². The van der Waals surface area contributed by atoms with Crippen LogP contribution in [0.2, 0.25) is 0 Å². The Hall–Kier alpha value is -1.30. The molecule has 0 unspecified atom stereocenters. The van der Waals surface area contributed by atoms with E-state index in [1.807, 2.05) is 0 Å². The molecule has 0 saturated heterocycles. The summed E-state index contributed by atoms with van der Waals surface area (Å²) in [6, 6.07) is 2.65. The van der Waals surface area contributed by atoms with Crippen LogP contribution in [0.1, 0.15) is 31.2 Å². The Morgan fingerprint density at radius 1 is 1.35 bits per heavy atom. The molecule has 1 N–H and O–H groups in total. The predicted octanol–water partition coefficient (Wildman–Crippen LogP) is 3.39. The molecule has 1 heterocycles. The molecule has 0 aliphatic heterocycles. The minimum absolute atomic E-state index is 0.277. The molecule has 0 atom stereocenters. The van der Waals surface area contributed by atoms with Crippen molar-refractivity contribution in [2.45, 2.75) is 37.9 Å². The highest BCUT2D eigenvalue weighted by atomic mass is 19.4. The van der Waals surface area contributed by atoms with Gasteiger partial charge in [0.15, 0.2) is 0 Å². The van der Waals surface area contributed by atoms with E-state index in [-0.39, 0.29) is 5.82 Å². The average Bonchev–Trinajstić information content (AvgIpc) is 2.92. The molecule has 0 aromatic carbocycles. The number of alkyl halides is 3. The molecule has 1 saturated carbocycles. The van der Waals surface area contributed by atoms with Gasteiger partial charge in [0, 0.05) is 25.3 Å². The molecule has 1 aliphatic carbocycles. The summed E-state index contributed by atoms with van der Waals surface area (Å²) in [5.74, 6) is 0.277. The molecule has 0 radical (unpaired) electrons. The maximum Gasteiger partial charge on any atom is 0.416 e. The van der Waals surface area contributed by atoms with Crippen molar-refractivity contribution in [1.82, 2.24) is 9.88 Å². The third kappa shape index (κ3) is 4.10. The molecule has 1 fully saturated rings. The van der Waals surface area contributed by atoms with Crippen molar-refractivity contribution in [2.24, 2.45) is 0 Å². The average molecular weight is 287 g/mol. The Labute approximate surface area is 117 Å². The molecule has 0 bridgehead atoms. The highest BCUT2D eigenvalue weighted by Gasteiger charge is 2.30. The first kappa shape index (κ1) is 15.1. The van der Waals surface area contributed by atoms with Gasteiger partial charge in [0.2, 0.25) is 0 Å². The van der Waals surface area contributed by atoms with Gasteiger partial charge in [0.1, 0.15) is 5.82 Å². The Balaban J connectivity index is 1.82. The van der Waals surface area contributed by atoms with Crippen LogP contribution in [0.3, 0.4) is 0 Å². The van der Waals surface area contributed by atoms with Gasteiger partial charge in [-0.1, -0.05) is 12.8 Å². The van der Waals surface area contributed by atoms with Crippen molar-refractivity contribution in [1.29, 1.82) is 0 Å². The first-order valence-electron chi connectivity index (χ1n) is 6.94. The summed E-state index contributed by atoms with van der Waals surface area (Å²) in [4.78, 5) is 6.19. The van der Waals surface area contributed by atoms with Crippen molar-refractivity contribution in [3.05, 3.63) is 23.9 Å². The maximum absolute atomic E-state index is 12.6. The molecule has 2 rings (SSSR count). The van der Waals surface area contributed by atoms with Crippen LogP contribution in [-0.4, -0.2) is 36.1 Å². The van der Waals surface area contributed by atoms with E-state index < -0.39 is 11.7 Å². The highest BCUT2D eigenvalue weighted by Crippen LogP contribution is 2.29. The first-order valence-corrected chi connectivity index (χ1v) is 6.94. The lowest BCUT2D eigenvalue weighted by atomic mass is 10.2. The summed E-state index contributed by atoms with van der Waals surface area (Å²) in [6.07, 6.45) is 1.86. The van der Waals surface area contributed by atoms with Crippen molar-refractivity contribution >= 4 is 5.82 Å². The third-order valence-electron chi connectivity index (χ3n) is 3.81. The first-order chi connectivity index (χ1) is 9.47. The fourth-order valence-electron chi connectivity index (χ4n) is 2.59. The lowest BCUT2D eigenvalue weighted by Gasteiger charge is -2.24. The quantitative estimate of drug-likeness (QED) is 0.899. The van der Waals surface area contributed by atoms with Crippen LogP contribution in [0.15, 0.2) is 18.3 Å². The SMILES string of the molecule is CN(CCNc1cc(C(F)(F)F)ccn1)C1CCCC1. The van der Waals surface area contributed by atoms with Gasteiger partial charge in [-0.2, -0.15) is 13.2 Å². The topological polar surface area (TPSA) is 28.2 Å². The van der Waals surface area contributed by atoms with E-state index in [4.69, 9.17) is 0 Å². The molecule has 6 heteroatoms. The number of aromatic nitrogens is 1. The van der Waals surface area contributed by atoms with Crippen LogP contribution in [0.5, 0.6) is 0 Å². The fraction of sp³-hybridized carbons (Fsp3) is 0.643. The summed E-state index contributed by atoms with van der Waals surface area (Å²) >= 11 is 0. The van der Waals surface area contributed by atoms with Gasteiger partial charge >= 0.3 is 6.18 Å². The zero-order valence-corrected chi connectivity index (χ0v) is 11.6. The molecule has 1 aromatic heterocycles. The number of rotatable bonds is 5. The number of hydrogen-bond acceptors (Lipinski definition) is 3. The fourth-order valence-corrected chi connectivity index (χ4v) is 2.59. The molecular formula is C14H20F3N3. The summed E-state index contributed by atoms with van der Waals surface area (Å²) in [6.45, 7) is 1.41. The van der Waals surface area contributed by atoms with E-state index in [0.717, 1.165) is 18.7 Å². The lowest BCUT2D eigenvalue weighted by molar-refractivity contribution is -0.137. The van der Waals surface area contributed by atoms with E-state index in [1.54, 1.807) is 0 Å². The van der Waals surface area contributed by atoms with Crippen LogP contribution in [0.4, 0.5) is 19.0 Å². The standard InChI is InChI=1S/C14H20F3N3/c1-20(12-4-2-3-5-12)9-8-19-13-10-11(6-7-18-13)14(15,16)17/h6-7,10,12H,2-5,8-9H2,1H3,(H,18,19). The predicted molar refractivity (Wildman–Crippen MR) is 72.6 cm³/mol. The van der Waals surface area contributed by atoms with Crippen LogP contribution in [0.25, 0.3) is 0 Å². The molecule has 20 heavy (non-hydrogen) atoms. The molecule has 0 spiro atoms. The van der Waals surface area contributed by atoms with Crippen LogP contribution >= 0.6 is 0 Å². The molecule has 3 nitrogen and oxygen atoms in total. The van der Waals surface area contributed by atoms with E-state index in [1.165, 1.54) is 31.9 Å².